The molecule has 6 nitrogen and oxygen atoms in total. The van der Waals surface area contributed by atoms with Gasteiger partial charge in [-0.2, -0.15) is 0 Å². The summed E-state index contributed by atoms with van der Waals surface area (Å²) in [5.41, 5.74) is 1.26. The molecule has 124 valence electrons. The molecule has 24 heavy (non-hydrogen) atoms. The number of allylic oxidation sites excluding steroid dienone is 1. The van der Waals surface area contributed by atoms with E-state index in [1.54, 1.807) is 50.8 Å². The molecule has 0 aromatic heterocycles. The van der Waals surface area contributed by atoms with Crippen LogP contribution < -0.4 is 24.3 Å². The summed E-state index contributed by atoms with van der Waals surface area (Å²) < 4.78 is 20.9. The third-order valence-corrected chi connectivity index (χ3v) is 3.54. The van der Waals surface area contributed by atoms with Crippen LogP contribution in [-0.2, 0) is 0 Å². The van der Waals surface area contributed by atoms with Gasteiger partial charge in [0.2, 0.25) is 6.79 Å². The van der Waals surface area contributed by atoms with Crippen LogP contribution in [0.2, 0.25) is 0 Å². The van der Waals surface area contributed by atoms with E-state index in [2.05, 4.69) is 5.32 Å². The number of methoxy groups -OCH3 is 2. The molecule has 0 bridgehead atoms. The van der Waals surface area contributed by atoms with Gasteiger partial charge in [0.05, 0.1) is 19.9 Å². The monoisotopic (exact) mass is 327 g/mol. The first-order valence-corrected chi connectivity index (χ1v) is 7.30. The number of rotatable bonds is 6. The predicted molar refractivity (Wildman–Crippen MR) is 89.2 cm³/mol. The SMILES string of the molecule is COc1ccc(N/C=C/C(=O)c2ccc3c(c2)OCO3)c(OC)c1. The molecular formula is C18H17NO5. The van der Waals surface area contributed by atoms with E-state index in [-0.39, 0.29) is 12.6 Å². The van der Waals surface area contributed by atoms with Crippen molar-refractivity contribution in [3.8, 4) is 23.0 Å². The molecule has 1 aliphatic heterocycles. The maximum atomic E-state index is 12.2. The van der Waals surface area contributed by atoms with Gasteiger partial charge in [0.15, 0.2) is 17.3 Å². The van der Waals surface area contributed by atoms with E-state index in [0.29, 0.717) is 28.6 Å². The zero-order chi connectivity index (χ0) is 16.9. The third-order valence-electron chi connectivity index (χ3n) is 3.54. The number of nitrogens with one attached hydrogen (secondary N) is 1. The Morgan fingerprint density at radius 3 is 2.71 bits per heavy atom. The number of carbonyl (C=O) groups excluding carboxylic acids is 1. The Kier molecular flexibility index (Phi) is 4.56. The number of ether oxygens (including phenoxy) is 4. The van der Waals surface area contributed by atoms with Crippen LogP contribution in [0.3, 0.4) is 0 Å². The van der Waals surface area contributed by atoms with E-state index >= 15 is 0 Å². The lowest BCUT2D eigenvalue weighted by molar-refractivity contribution is 0.104. The molecule has 1 N–H and O–H groups in total. The molecule has 0 spiro atoms. The van der Waals surface area contributed by atoms with Crippen LogP contribution >= 0.6 is 0 Å². The summed E-state index contributed by atoms with van der Waals surface area (Å²) in [5.74, 6) is 2.40. The standard InChI is InChI=1S/C18H17NO5/c1-21-13-4-5-14(17(10-13)22-2)19-8-7-15(20)12-3-6-16-18(9-12)24-11-23-16/h3-10,19H,11H2,1-2H3/b8-7+. The number of anilines is 1. The molecule has 0 saturated carbocycles. The lowest BCUT2D eigenvalue weighted by Crippen LogP contribution is -1.98. The topological polar surface area (TPSA) is 66.0 Å². The highest BCUT2D eigenvalue weighted by Gasteiger charge is 2.15. The zero-order valence-corrected chi connectivity index (χ0v) is 13.4. The molecule has 0 aliphatic carbocycles. The van der Waals surface area contributed by atoms with E-state index in [1.165, 1.54) is 6.08 Å². The molecule has 0 radical (unpaired) electrons. The predicted octanol–water partition coefficient (Wildman–Crippen LogP) is 3.24. The maximum Gasteiger partial charge on any atom is 0.231 e. The van der Waals surface area contributed by atoms with Gasteiger partial charge in [0.25, 0.3) is 0 Å². The van der Waals surface area contributed by atoms with Crippen LogP contribution in [0, 0.1) is 0 Å². The molecule has 0 amide bonds. The average Bonchev–Trinajstić information content (AvgIpc) is 3.09. The van der Waals surface area contributed by atoms with E-state index in [9.17, 15) is 4.79 Å². The zero-order valence-electron chi connectivity index (χ0n) is 13.4. The molecule has 1 aliphatic rings. The van der Waals surface area contributed by atoms with Crippen molar-refractivity contribution in [1.82, 2.24) is 0 Å². The van der Waals surface area contributed by atoms with Crippen LogP contribution in [-0.4, -0.2) is 26.8 Å². The van der Waals surface area contributed by atoms with Gasteiger partial charge in [0.1, 0.15) is 11.5 Å². The minimum Gasteiger partial charge on any atom is -0.497 e. The molecular weight excluding hydrogens is 310 g/mol. The van der Waals surface area contributed by atoms with Crippen molar-refractivity contribution in [2.24, 2.45) is 0 Å². The fourth-order valence-corrected chi connectivity index (χ4v) is 2.27. The summed E-state index contributed by atoms with van der Waals surface area (Å²) in [4.78, 5) is 12.2. The lowest BCUT2D eigenvalue weighted by Gasteiger charge is -2.09. The molecule has 2 aromatic carbocycles. The van der Waals surface area contributed by atoms with Crippen LogP contribution in [0.15, 0.2) is 48.7 Å². The average molecular weight is 327 g/mol. The van der Waals surface area contributed by atoms with Crippen molar-refractivity contribution in [3.05, 3.63) is 54.2 Å². The number of hydrogen-bond acceptors (Lipinski definition) is 6. The molecule has 3 rings (SSSR count). The van der Waals surface area contributed by atoms with Gasteiger partial charge < -0.3 is 24.3 Å². The molecule has 0 atom stereocenters. The van der Waals surface area contributed by atoms with Crippen LogP contribution in [0.1, 0.15) is 10.4 Å². The van der Waals surface area contributed by atoms with E-state index in [0.717, 1.165) is 5.69 Å². The fraction of sp³-hybridized carbons (Fsp3) is 0.167. The minimum absolute atomic E-state index is 0.145. The van der Waals surface area contributed by atoms with E-state index in [4.69, 9.17) is 18.9 Å². The van der Waals surface area contributed by atoms with Crippen molar-refractivity contribution in [3.63, 3.8) is 0 Å². The Morgan fingerprint density at radius 1 is 1.08 bits per heavy atom. The first-order chi connectivity index (χ1) is 11.7. The Labute approximate surface area is 139 Å². The lowest BCUT2D eigenvalue weighted by atomic mass is 10.1. The van der Waals surface area contributed by atoms with Crippen LogP contribution in [0.5, 0.6) is 23.0 Å². The molecule has 2 aromatic rings. The highest BCUT2D eigenvalue weighted by Crippen LogP contribution is 2.32. The summed E-state index contributed by atoms with van der Waals surface area (Å²) in [7, 11) is 3.16. The second-order valence-electron chi connectivity index (χ2n) is 4.98. The van der Waals surface area contributed by atoms with Crippen molar-refractivity contribution in [2.45, 2.75) is 0 Å². The third kappa shape index (κ3) is 3.27. The van der Waals surface area contributed by atoms with Crippen molar-refractivity contribution in [1.29, 1.82) is 0 Å². The van der Waals surface area contributed by atoms with Crippen molar-refractivity contribution >= 4 is 11.5 Å². The molecule has 6 heteroatoms. The van der Waals surface area contributed by atoms with Gasteiger partial charge in [-0.05, 0) is 30.3 Å². The number of benzene rings is 2. The van der Waals surface area contributed by atoms with E-state index < -0.39 is 0 Å². The minimum atomic E-state index is -0.145. The Hall–Kier alpha value is -3.15. The Morgan fingerprint density at radius 2 is 1.92 bits per heavy atom. The normalized spacial score (nSPS) is 12.2. The summed E-state index contributed by atoms with van der Waals surface area (Å²) in [6.07, 6.45) is 3.01. The summed E-state index contributed by atoms with van der Waals surface area (Å²) in [6.45, 7) is 0.182. The summed E-state index contributed by atoms with van der Waals surface area (Å²) in [6, 6.07) is 10.5. The summed E-state index contributed by atoms with van der Waals surface area (Å²) >= 11 is 0. The summed E-state index contributed by atoms with van der Waals surface area (Å²) in [5, 5.41) is 3.03. The number of ketones is 1. The van der Waals surface area contributed by atoms with Crippen molar-refractivity contribution in [2.75, 3.05) is 26.3 Å². The Balaban J connectivity index is 1.69. The van der Waals surface area contributed by atoms with Gasteiger partial charge in [-0.1, -0.05) is 0 Å². The molecule has 0 unspecified atom stereocenters. The van der Waals surface area contributed by atoms with Gasteiger partial charge in [-0.15, -0.1) is 0 Å². The van der Waals surface area contributed by atoms with Gasteiger partial charge >= 0.3 is 0 Å². The van der Waals surface area contributed by atoms with Gasteiger partial charge in [-0.3, -0.25) is 4.79 Å². The second-order valence-corrected chi connectivity index (χ2v) is 4.98. The molecule has 0 saturated heterocycles. The number of carbonyl (C=O) groups is 1. The fourth-order valence-electron chi connectivity index (χ4n) is 2.27. The Bertz CT molecular complexity index is 785. The number of hydrogen-bond donors (Lipinski definition) is 1. The maximum absolute atomic E-state index is 12.2. The molecule has 0 fully saturated rings. The van der Waals surface area contributed by atoms with E-state index in [1.807, 2.05) is 6.07 Å². The highest BCUT2D eigenvalue weighted by molar-refractivity contribution is 6.05. The quantitative estimate of drug-likeness (QED) is 0.649. The molecule has 1 heterocycles. The largest absolute Gasteiger partial charge is 0.497 e. The van der Waals surface area contributed by atoms with Crippen LogP contribution in [0.4, 0.5) is 5.69 Å². The van der Waals surface area contributed by atoms with Crippen molar-refractivity contribution < 1.29 is 23.7 Å². The smallest absolute Gasteiger partial charge is 0.231 e. The number of fused-ring (bicyclic) bond motifs is 1. The highest BCUT2D eigenvalue weighted by atomic mass is 16.7. The van der Waals surface area contributed by atoms with Crippen LogP contribution in [0.25, 0.3) is 0 Å². The first-order valence-electron chi connectivity index (χ1n) is 7.30. The van der Waals surface area contributed by atoms with Gasteiger partial charge in [-0.25, -0.2) is 0 Å². The first kappa shape index (κ1) is 15.7. The second kappa shape index (κ2) is 6.95. The van der Waals surface area contributed by atoms with Gasteiger partial charge in [0, 0.05) is 23.9 Å².